The van der Waals surface area contributed by atoms with E-state index in [1.807, 2.05) is 18.2 Å². The zero-order chi connectivity index (χ0) is 22.1. The first-order valence-electron chi connectivity index (χ1n) is 10.7. The molecule has 1 aromatic carbocycles. The van der Waals surface area contributed by atoms with Crippen molar-refractivity contribution < 1.29 is 19.1 Å². The SMILES string of the molecule is CCC(C)(C)C1CCC(NC(=O)COC(=O)/C(=C/c2ccccc2)NC(C)=O)CC1. The van der Waals surface area contributed by atoms with Crippen LogP contribution in [0.3, 0.4) is 0 Å². The summed E-state index contributed by atoms with van der Waals surface area (Å²) >= 11 is 0. The molecule has 0 saturated heterocycles. The van der Waals surface area contributed by atoms with Gasteiger partial charge in [0.15, 0.2) is 6.61 Å². The van der Waals surface area contributed by atoms with Gasteiger partial charge in [0.25, 0.3) is 5.91 Å². The molecule has 30 heavy (non-hydrogen) atoms. The quantitative estimate of drug-likeness (QED) is 0.500. The van der Waals surface area contributed by atoms with Crippen LogP contribution in [0.15, 0.2) is 36.0 Å². The molecule has 0 heterocycles. The Kier molecular flexibility index (Phi) is 8.63. The minimum atomic E-state index is -0.738. The number of nitrogens with one attached hydrogen (secondary N) is 2. The Hall–Kier alpha value is -2.63. The van der Waals surface area contributed by atoms with Crippen LogP contribution < -0.4 is 10.6 Å². The lowest BCUT2D eigenvalue weighted by atomic mass is 9.69. The number of hydrogen-bond acceptors (Lipinski definition) is 4. The van der Waals surface area contributed by atoms with Gasteiger partial charge in [0.1, 0.15) is 5.70 Å². The van der Waals surface area contributed by atoms with Crippen LogP contribution in [0, 0.1) is 11.3 Å². The highest BCUT2D eigenvalue weighted by molar-refractivity contribution is 5.98. The maximum atomic E-state index is 12.4. The molecular formula is C24H34N2O4. The van der Waals surface area contributed by atoms with Crippen LogP contribution in [0.1, 0.15) is 65.4 Å². The molecule has 2 amide bonds. The highest BCUT2D eigenvalue weighted by Crippen LogP contribution is 2.40. The molecule has 6 nitrogen and oxygen atoms in total. The van der Waals surface area contributed by atoms with Crippen molar-refractivity contribution in [2.75, 3.05) is 6.61 Å². The monoisotopic (exact) mass is 414 g/mol. The van der Waals surface area contributed by atoms with E-state index in [1.165, 1.54) is 13.0 Å². The van der Waals surface area contributed by atoms with Crippen molar-refractivity contribution in [2.45, 2.75) is 65.8 Å². The van der Waals surface area contributed by atoms with Crippen LogP contribution in [-0.2, 0) is 19.1 Å². The molecule has 0 aliphatic heterocycles. The van der Waals surface area contributed by atoms with Crippen LogP contribution in [0.25, 0.3) is 6.08 Å². The highest BCUT2D eigenvalue weighted by Gasteiger charge is 2.32. The van der Waals surface area contributed by atoms with Crippen molar-refractivity contribution >= 4 is 23.9 Å². The number of ether oxygens (including phenoxy) is 1. The fraction of sp³-hybridized carbons (Fsp3) is 0.542. The lowest BCUT2D eigenvalue weighted by Crippen LogP contribution is -2.41. The summed E-state index contributed by atoms with van der Waals surface area (Å²) in [5.41, 5.74) is 1.08. The summed E-state index contributed by atoms with van der Waals surface area (Å²) in [4.78, 5) is 36.1. The van der Waals surface area contributed by atoms with Gasteiger partial charge >= 0.3 is 5.97 Å². The number of amides is 2. The normalized spacial score (nSPS) is 19.7. The van der Waals surface area contributed by atoms with E-state index in [9.17, 15) is 14.4 Å². The summed E-state index contributed by atoms with van der Waals surface area (Å²) in [6.45, 7) is 7.79. The maximum Gasteiger partial charge on any atom is 0.355 e. The van der Waals surface area contributed by atoms with E-state index >= 15 is 0 Å². The Morgan fingerprint density at radius 3 is 2.30 bits per heavy atom. The Morgan fingerprint density at radius 1 is 1.10 bits per heavy atom. The number of hydrogen-bond donors (Lipinski definition) is 2. The van der Waals surface area contributed by atoms with Gasteiger partial charge in [-0.2, -0.15) is 0 Å². The Balaban J connectivity index is 1.85. The third-order valence-electron chi connectivity index (χ3n) is 6.08. The fourth-order valence-corrected chi connectivity index (χ4v) is 3.84. The smallest absolute Gasteiger partial charge is 0.355 e. The van der Waals surface area contributed by atoms with E-state index in [0.29, 0.717) is 11.3 Å². The van der Waals surface area contributed by atoms with E-state index in [0.717, 1.165) is 37.7 Å². The first-order chi connectivity index (χ1) is 14.2. The Bertz CT molecular complexity index is 763. The number of esters is 1. The molecule has 1 aliphatic carbocycles. The summed E-state index contributed by atoms with van der Waals surface area (Å²) in [6, 6.07) is 9.23. The van der Waals surface area contributed by atoms with Gasteiger partial charge in [-0.1, -0.05) is 57.5 Å². The second-order valence-electron chi connectivity index (χ2n) is 8.68. The van der Waals surface area contributed by atoms with Crippen molar-refractivity contribution in [3.8, 4) is 0 Å². The van der Waals surface area contributed by atoms with Gasteiger partial charge in [0, 0.05) is 13.0 Å². The molecule has 1 aliphatic rings. The van der Waals surface area contributed by atoms with Gasteiger partial charge in [0.05, 0.1) is 0 Å². The predicted octanol–water partition coefficient (Wildman–Crippen LogP) is 3.82. The van der Waals surface area contributed by atoms with Crippen molar-refractivity contribution in [1.82, 2.24) is 10.6 Å². The van der Waals surface area contributed by atoms with Crippen LogP contribution in [0.5, 0.6) is 0 Å². The van der Waals surface area contributed by atoms with Crippen LogP contribution in [0.4, 0.5) is 0 Å². The fourth-order valence-electron chi connectivity index (χ4n) is 3.84. The third-order valence-corrected chi connectivity index (χ3v) is 6.08. The molecule has 2 rings (SSSR count). The first-order valence-corrected chi connectivity index (χ1v) is 10.7. The lowest BCUT2D eigenvalue weighted by molar-refractivity contribution is -0.145. The molecule has 0 unspecified atom stereocenters. The summed E-state index contributed by atoms with van der Waals surface area (Å²) in [6.07, 6.45) is 6.75. The van der Waals surface area contributed by atoms with Crippen LogP contribution in [-0.4, -0.2) is 30.4 Å². The van der Waals surface area contributed by atoms with Gasteiger partial charge in [-0.25, -0.2) is 4.79 Å². The van der Waals surface area contributed by atoms with E-state index < -0.39 is 5.97 Å². The Labute approximate surface area is 179 Å². The zero-order valence-electron chi connectivity index (χ0n) is 18.5. The average Bonchev–Trinajstić information content (AvgIpc) is 2.72. The second-order valence-corrected chi connectivity index (χ2v) is 8.68. The number of carbonyl (C=O) groups is 3. The molecule has 0 spiro atoms. The molecule has 2 N–H and O–H groups in total. The molecule has 0 radical (unpaired) electrons. The number of benzene rings is 1. The zero-order valence-corrected chi connectivity index (χ0v) is 18.5. The van der Waals surface area contributed by atoms with E-state index in [4.69, 9.17) is 4.74 Å². The van der Waals surface area contributed by atoms with E-state index in [-0.39, 0.29) is 30.2 Å². The van der Waals surface area contributed by atoms with Crippen molar-refractivity contribution in [1.29, 1.82) is 0 Å². The summed E-state index contributed by atoms with van der Waals surface area (Å²) in [5, 5.41) is 5.44. The van der Waals surface area contributed by atoms with Crippen molar-refractivity contribution in [3.63, 3.8) is 0 Å². The second kappa shape index (κ2) is 11.0. The topological polar surface area (TPSA) is 84.5 Å². The van der Waals surface area contributed by atoms with Gasteiger partial charge < -0.3 is 15.4 Å². The molecular weight excluding hydrogens is 380 g/mol. The average molecular weight is 415 g/mol. The molecule has 0 bridgehead atoms. The van der Waals surface area contributed by atoms with E-state index in [1.54, 1.807) is 12.1 Å². The molecule has 1 aromatic rings. The maximum absolute atomic E-state index is 12.4. The van der Waals surface area contributed by atoms with Crippen LogP contribution >= 0.6 is 0 Å². The predicted molar refractivity (Wildman–Crippen MR) is 117 cm³/mol. The largest absolute Gasteiger partial charge is 0.451 e. The summed E-state index contributed by atoms with van der Waals surface area (Å²) in [7, 11) is 0. The molecule has 1 saturated carbocycles. The number of rotatable bonds is 8. The first kappa shape index (κ1) is 23.6. The minimum Gasteiger partial charge on any atom is -0.451 e. The molecule has 6 heteroatoms. The molecule has 0 aromatic heterocycles. The van der Waals surface area contributed by atoms with Crippen molar-refractivity contribution in [3.05, 3.63) is 41.6 Å². The Morgan fingerprint density at radius 2 is 1.73 bits per heavy atom. The molecule has 164 valence electrons. The highest BCUT2D eigenvalue weighted by atomic mass is 16.5. The van der Waals surface area contributed by atoms with E-state index in [2.05, 4.69) is 31.4 Å². The van der Waals surface area contributed by atoms with Crippen LogP contribution in [0.2, 0.25) is 0 Å². The van der Waals surface area contributed by atoms with Gasteiger partial charge in [0.2, 0.25) is 5.91 Å². The third kappa shape index (κ3) is 7.32. The molecule has 1 fully saturated rings. The number of carbonyl (C=O) groups excluding carboxylic acids is 3. The minimum absolute atomic E-state index is 0.00352. The standard InChI is InChI=1S/C24H34N2O4/c1-5-24(3,4)19-11-13-20(14-12-19)26-22(28)16-30-23(29)21(25-17(2)27)15-18-9-7-6-8-10-18/h6-10,15,19-20H,5,11-14,16H2,1-4H3,(H,25,27)(H,26,28)/b21-15-. The summed E-state index contributed by atoms with van der Waals surface area (Å²) < 4.78 is 5.14. The van der Waals surface area contributed by atoms with Gasteiger partial charge in [-0.05, 0) is 48.7 Å². The van der Waals surface area contributed by atoms with Gasteiger partial charge in [-0.3, -0.25) is 9.59 Å². The van der Waals surface area contributed by atoms with Crippen molar-refractivity contribution in [2.24, 2.45) is 11.3 Å². The lowest BCUT2D eigenvalue weighted by Gasteiger charge is -2.39. The van der Waals surface area contributed by atoms with Gasteiger partial charge in [-0.15, -0.1) is 0 Å². The molecule has 0 atom stereocenters. The summed E-state index contributed by atoms with van der Waals surface area (Å²) in [5.74, 6) is -0.761.